The molecule has 0 aromatic heterocycles. The van der Waals surface area contributed by atoms with E-state index in [0.717, 1.165) is 0 Å². The predicted molar refractivity (Wildman–Crippen MR) is 91.0 cm³/mol. The van der Waals surface area contributed by atoms with Crippen LogP contribution in [-0.2, 0) is 0 Å². The Kier molecular flexibility index (Phi) is 22.7. The molecule has 0 amide bonds. The van der Waals surface area contributed by atoms with Crippen LogP contribution in [0.4, 0.5) is 0 Å². The van der Waals surface area contributed by atoms with Crippen LogP contribution in [0.5, 0.6) is 0 Å². The first-order chi connectivity index (χ1) is 9.26. The molecule has 0 aromatic rings. The van der Waals surface area contributed by atoms with Crippen molar-refractivity contribution >= 4 is 0 Å². The van der Waals surface area contributed by atoms with Gasteiger partial charge >= 0.3 is 0 Å². The lowest BCUT2D eigenvalue weighted by atomic mass is 10.2. The Morgan fingerprint density at radius 2 is 0.684 bits per heavy atom. The molecule has 1 nitrogen and oxygen atoms in total. The van der Waals surface area contributed by atoms with Crippen molar-refractivity contribution in [3.63, 3.8) is 0 Å². The van der Waals surface area contributed by atoms with Crippen molar-refractivity contribution in [2.45, 2.75) is 98.8 Å². The summed E-state index contributed by atoms with van der Waals surface area (Å²) in [6.45, 7) is 15.2. The summed E-state index contributed by atoms with van der Waals surface area (Å²) in [5.41, 5.74) is 0. The second-order valence-electron chi connectivity index (χ2n) is 5.61. The molecule has 0 fully saturated rings. The summed E-state index contributed by atoms with van der Waals surface area (Å²) < 4.78 is 0. The number of nitrogens with zero attached hydrogens (tertiary/aromatic N) is 1. The molecule has 0 radical (unpaired) electrons. The summed E-state index contributed by atoms with van der Waals surface area (Å²) in [6, 6.07) is 0. The highest BCUT2D eigenvalue weighted by atomic mass is 15.1. The van der Waals surface area contributed by atoms with E-state index in [2.05, 4.69) is 39.5 Å². The number of rotatable bonds is 12. The SMILES string of the molecule is CCCCCC.CCCCN(CCCC)CCCC. The van der Waals surface area contributed by atoms with Gasteiger partial charge in [-0.25, -0.2) is 0 Å². The van der Waals surface area contributed by atoms with Crippen LogP contribution in [0.25, 0.3) is 0 Å². The minimum Gasteiger partial charge on any atom is -0.303 e. The van der Waals surface area contributed by atoms with E-state index in [0.29, 0.717) is 0 Å². The first-order valence-corrected chi connectivity index (χ1v) is 8.98. The highest BCUT2D eigenvalue weighted by Gasteiger charge is 2.01. The molecule has 1 heteroatoms. The van der Waals surface area contributed by atoms with Gasteiger partial charge in [-0.2, -0.15) is 0 Å². The molecule has 0 unspecified atom stereocenters. The van der Waals surface area contributed by atoms with Crippen LogP contribution in [0.3, 0.4) is 0 Å². The average Bonchev–Trinajstić information content (AvgIpc) is 2.45. The van der Waals surface area contributed by atoms with Gasteiger partial charge in [-0.3, -0.25) is 0 Å². The molecule has 0 aliphatic rings. The maximum absolute atomic E-state index is 2.64. The van der Waals surface area contributed by atoms with Gasteiger partial charge in [-0.05, 0) is 38.9 Å². The first kappa shape index (κ1) is 21.3. The van der Waals surface area contributed by atoms with Crippen molar-refractivity contribution in [1.82, 2.24) is 4.90 Å². The Morgan fingerprint density at radius 3 is 0.895 bits per heavy atom. The third kappa shape index (κ3) is 20.4. The van der Waals surface area contributed by atoms with Gasteiger partial charge < -0.3 is 4.90 Å². The Morgan fingerprint density at radius 1 is 0.421 bits per heavy atom. The quantitative estimate of drug-likeness (QED) is 0.378. The molecule has 0 rings (SSSR count). The summed E-state index contributed by atoms with van der Waals surface area (Å²) in [5, 5.41) is 0. The summed E-state index contributed by atoms with van der Waals surface area (Å²) in [5.74, 6) is 0. The van der Waals surface area contributed by atoms with Crippen LogP contribution in [0.15, 0.2) is 0 Å². The van der Waals surface area contributed by atoms with Gasteiger partial charge in [0.2, 0.25) is 0 Å². The Hall–Kier alpha value is -0.0400. The second-order valence-corrected chi connectivity index (χ2v) is 5.61. The topological polar surface area (TPSA) is 3.24 Å². The summed E-state index contributed by atoms with van der Waals surface area (Å²) in [7, 11) is 0. The minimum absolute atomic E-state index is 1.32. The Balaban J connectivity index is 0. The fourth-order valence-electron chi connectivity index (χ4n) is 1.98. The van der Waals surface area contributed by atoms with Crippen molar-refractivity contribution in [3.05, 3.63) is 0 Å². The van der Waals surface area contributed by atoms with Crippen molar-refractivity contribution in [3.8, 4) is 0 Å². The number of hydrogen-bond donors (Lipinski definition) is 0. The maximum atomic E-state index is 2.64. The second kappa shape index (κ2) is 20.3. The van der Waals surface area contributed by atoms with Gasteiger partial charge in [0, 0.05) is 0 Å². The van der Waals surface area contributed by atoms with Crippen molar-refractivity contribution in [2.75, 3.05) is 19.6 Å². The first-order valence-electron chi connectivity index (χ1n) is 8.98. The molecule has 0 spiro atoms. The van der Waals surface area contributed by atoms with E-state index in [1.807, 2.05) is 0 Å². The van der Waals surface area contributed by atoms with Crippen LogP contribution in [0, 0.1) is 0 Å². The maximum Gasteiger partial charge on any atom is -0.00188 e. The molecule has 0 aliphatic carbocycles. The van der Waals surface area contributed by atoms with Gasteiger partial charge in [-0.15, -0.1) is 0 Å². The lowest BCUT2D eigenvalue weighted by molar-refractivity contribution is 0.261. The minimum atomic E-state index is 1.32. The van der Waals surface area contributed by atoms with Crippen LogP contribution in [-0.4, -0.2) is 24.5 Å². The van der Waals surface area contributed by atoms with Crippen LogP contribution in [0.1, 0.15) is 98.8 Å². The molecule has 0 heterocycles. The molecule has 0 atom stereocenters. The zero-order chi connectivity index (χ0) is 14.8. The number of unbranched alkanes of at least 4 members (excludes halogenated alkanes) is 6. The van der Waals surface area contributed by atoms with E-state index in [1.54, 1.807) is 0 Å². The molecular formula is C18H41N. The molecule has 0 saturated carbocycles. The third-order valence-corrected chi connectivity index (χ3v) is 3.44. The van der Waals surface area contributed by atoms with E-state index in [1.165, 1.54) is 83.8 Å². The third-order valence-electron chi connectivity index (χ3n) is 3.44. The van der Waals surface area contributed by atoms with Gasteiger partial charge in [0.05, 0.1) is 0 Å². The van der Waals surface area contributed by atoms with E-state index < -0.39 is 0 Å². The monoisotopic (exact) mass is 271 g/mol. The molecule has 0 aromatic carbocycles. The predicted octanol–water partition coefficient (Wildman–Crippen LogP) is 6.28. The van der Waals surface area contributed by atoms with Crippen molar-refractivity contribution in [2.24, 2.45) is 0 Å². The number of hydrogen-bond acceptors (Lipinski definition) is 1. The van der Waals surface area contributed by atoms with Crippen LogP contribution < -0.4 is 0 Å². The standard InChI is InChI=1S/C12H27N.C6H14/c1-4-7-10-13(11-8-5-2)12-9-6-3;1-3-5-6-4-2/h4-12H2,1-3H3;3-6H2,1-2H3. The van der Waals surface area contributed by atoms with Crippen LogP contribution >= 0.6 is 0 Å². The lowest BCUT2D eigenvalue weighted by Gasteiger charge is -2.21. The highest BCUT2D eigenvalue weighted by molar-refractivity contribution is 4.57. The molecular weight excluding hydrogens is 230 g/mol. The Bertz CT molecular complexity index is 111. The molecule has 0 bridgehead atoms. The van der Waals surface area contributed by atoms with E-state index in [9.17, 15) is 0 Å². The zero-order valence-electron chi connectivity index (χ0n) is 14.6. The summed E-state index contributed by atoms with van der Waals surface area (Å²) in [4.78, 5) is 2.64. The lowest BCUT2D eigenvalue weighted by Crippen LogP contribution is -2.27. The molecule has 19 heavy (non-hydrogen) atoms. The van der Waals surface area contributed by atoms with Gasteiger partial charge in [0.25, 0.3) is 0 Å². The Labute approximate surface area is 124 Å². The fourth-order valence-corrected chi connectivity index (χ4v) is 1.98. The molecule has 0 saturated heterocycles. The normalized spacial score (nSPS) is 10.4. The van der Waals surface area contributed by atoms with E-state index >= 15 is 0 Å². The fraction of sp³-hybridized carbons (Fsp3) is 1.00. The smallest absolute Gasteiger partial charge is 0.00188 e. The van der Waals surface area contributed by atoms with Gasteiger partial charge in [0.15, 0.2) is 0 Å². The van der Waals surface area contributed by atoms with Gasteiger partial charge in [-0.1, -0.05) is 79.6 Å². The molecule has 118 valence electrons. The summed E-state index contributed by atoms with van der Waals surface area (Å²) in [6.07, 6.45) is 13.6. The van der Waals surface area contributed by atoms with Crippen molar-refractivity contribution in [1.29, 1.82) is 0 Å². The highest BCUT2D eigenvalue weighted by Crippen LogP contribution is 2.01. The van der Waals surface area contributed by atoms with Crippen molar-refractivity contribution < 1.29 is 0 Å². The average molecular weight is 272 g/mol. The van der Waals surface area contributed by atoms with E-state index in [4.69, 9.17) is 0 Å². The summed E-state index contributed by atoms with van der Waals surface area (Å²) >= 11 is 0. The van der Waals surface area contributed by atoms with E-state index in [-0.39, 0.29) is 0 Å². The molecule has 0 aliphatic heterocycles. The largest absolute Gasteiger partial charge is 0.303 e. The van der Waals surface area contributed by atoms with Crippen LogP contribution in [0.2, 0.25) is 0 Å². The van der Waals surface area contributed by atoms with Gasteiger partial charge in [0.1, 0.15) is 0 Å². The molecule has 0 N–H and O–H groups in total. The zero-order valence-corrected chi connectivity index (χ0v) is 14.6.